The summed E-state index contributed by atoms with van der Waals surface area (Å²) in [5, 5.41) is 3.42. The molecule has 2 rings (SSSR count). The van der Waals surface area contributed by atoms with Crippen molar-refractivity contribution in [1.82, 2.24) is 5.32 Å². The minimum atomic E-state index is -0.427. The first-order valence-corrected chi connectivity index (χ1v) is 6.51. The van der Waals surface area contributed by atoms with Crippen molar-refractivity contribution in [2.45, 2.75) is 38.3 Å². The molecule has 0 radical (unpaired) electrons. The molecule has 1 atom stereocenters. The van der Waals surface area contributed by atoms with Crippen molar-refractivity contribution in [3.8, 4) is 0 Å². The molecule has 18 heavy (non-hydrogen) atoms. The topological polar surface area (TPSA) is 21.3 Å². The van der Waals surface area contributed by atoms with Crippen LogP contribution in [0, 0.1) is 11.6 Å². The van der Waals surface area contributed by atoms with Gasteiger partial charge in [-0.05, 0) is 44.0 Å². The molecule has 1 aromatic rings. The van der Waals surface area contributed by atoms with Crippen LogP contribution in [-0.2, 0) is 11.3 Å². The maximum absolute atomic E-state index is 13.3. The Labute approximate surface area is 106 Å². The molecule has 0 spiro atoms. The van der Waals surface area contributed by atoms with Gasteiger partial charge in [0.2, 0.25) is 0 Å². The third-order valence-corrected chi connectivity index (χ3v) is 3.29. The van der Waals surface area contributed by atoms with E-state index in [4.69, 9.17) is 4.74 Å². The number of hydrogen-bond donors (Lipinski definition) is 1. The summed E-state index contributed by atoms with van der Waals surface area (Å²) in [5.41, 5.74) is 0.284. The van der Waals surface area contributed by atoms with Crippen molar-refractivity contribution in [3.05, 3.63) is 35.4 Å². The Balaban J connectivity index is 1.69. The SMILES string of the molecule is Fc1ccc(F)c(COCCC2CCCCN2)c1. The predicted molar refractivity (Wildman–Crippen MR) is 66.3 cm³/mol. The van der Waals surface area contributed by atoms with E-state index in [-0.39, 0.29) is 12.2 Å². The van der Waals surface area contributed by atoms with Crippen molar-refractivity contribution in [1.29, 1.82) is 0 Å². The molecule has 2 nitrogen and oxygen atoms in total. The minimum absolute atomic E-state index is 0.135. The molecule has 100 valence electrons. The highest BCUT2D eigenvalue weighted by Gasteiger charge is 2.12. The number of benzene rings is 1. The van der Waals surface area contributed by atoms with Crippen LogP contribution in [0.25, 0.3) is 0 Å². The van der Waals surface area contributed by atoms with Crippen molar-refractivity contribution in [3.63, 3.8) is 0 Å². The predicted octanol–water partition coefficient (Wildman–Crippen LogP) is 3.01. The Morgan fingerprint density at radius 1 is 1.28 bits per heavy atom. The molecule has 0 aliphatic carbocycles. The molecule has 1 saturated heterocycles. The lowest BCUT2D eigenvalue weighted by Crippen LogP contribution is -2.34. The van der Waals surface area contributed by atoms with Crippen LogP contribution in [0.3, 0.4) is 0 Å². The summed E-state index contributed by atoms with van der Waals surface area (Å²) >= 11 is 0. The van der Waals surface area contributed by atoms with Crippen LogP contribution >= 0.6 is 0 Å². The zero-order valence-corrected chi connectivity index (χ0v) is 10.4. The number of ether oxygens (including phenoxy) is 1. The number of piperidine rings is 1. The summed E-state index contributed by atoms with van der Waals surface area (Å²) in [5.74, 6) is -0.837. The first-order valence-electron chi connectivity index (χ1n) is 6.51. The zero-order valence-electron chi connectivity index (χ0n) is 10.4. The molecule has 1 fully saturated rings. The van der Waals surface area contributed by atoms with E-state index >= 15 is 0 Å². The second-order valence-electron chi connectivity index (χ2n) is 4.72. The summed E-state index contributed by atoms with van der Waals surface area (Å²) in [6.07, 6.45) is 4.61. The largest absolute Gasteiger partial charge is 0.377 e. The molecule has 0 aromatic heterocycles. The van der Waals surface area contributed by atoms with Gasteiger partial charge in [-0.3, -0.25) is 0 Å². The third kappa shape index (κ3) is 4.03. The lowest BCUT2D eigenvalue weighted by molar-refractivity contribution is 0.106. The van der Waals surface area contributed by atoms with E-state index in [2.05, 4.69) is 5.32 Å². The van der Waals surface area contributed by atoms with Crippen molar-refractivity contribution in [2.75, 3.05) is 13.2 Å². The second kappa shape index (κ2) is 6.81. The van der Waals surface area contributed by atoms with E-state index in [9.17, 15) is 8.78 Å². The van der Waals surface area contributed by atoms with Crippen LogP contribution in [0.2, 0.25) is 0 Å². The smallest absolute Gasteiger partial charge is 0.128 e. The zero-order chi connectivity index (χ0) is 12.8. The fourth-order valence-electron chi connectivity index (χ4n) is 2.23. The Kier molecular flexibility index (Phi) is 5.08. The first-order chi connectivity index (χ1) is 8.75. The third-order valence-electron chi connectivity index (χ3n) is 3.29. The molecule has 1 N–H and O–H groups in total. The summed E-state index contributed by atoms with van der Waals surface area (Å²) in [6, 6.07) is 3.95. The monoisotopic (exact) mass is 255 g/mol. The van der Waals surface area contributed by atoms with Crippen LogP contribution in [0.4, 0.5) is 8.78 Å². The van der Waals surface area contributed by atoms with E-state index in [1.54, 1.807) is 0 Å². The van der Waals surface area contributed by atoms with Crippen LogP contribution in [-0.4, -0.2) is 19.2 Å². The molecule has 1 heterocycles. The highest BCUT2D eigenvalue weighted by molar-refractivity contribution is 5.17. The van der Waals surface area contributed by atoms with Gasteiger partial charge in [0.1, 0.15) is 11.6 Å². The van der Waals surface area contributed by atoms with Crippen LogP contribution in [0.5, 0.6) is 0 Å². The Morgan fingerprint density at radius 3 is 2.94 bits per heavy atom. The minimum Gasteiger partial charge on any atom is -0.377 e. The van der Waals surface area contributed by atoms with Gasteiger partial charge in [0.05, 0.1) is 6.61 Å². The molecular weight excluding hydrogens is 236 g/mol. The van der Waals surface area contributed by atoms with Crippen LogP contribution < -0.4 is 5.32 Å². The average Bonchev–Trinajstić information content (AvgIpc) is 2.40. The van der Waals surface area contributed by atoms with E-state index in [0.29, 0.717) is 12.6 Å². The van der Waals surface area contributed by atoms with Gasteiger partial charge in [0.15, 0.2) is 0 Å². The Hall–Kier alpha value is -1.00. The van der Waals surface area contributed by atoms with Gasteiger partial charge in [-0.15, -0.1) is 0 Å². The molecule has 1 unspecified atom stereocenters. The molecule has 0 bridgehead atoms. The van der Waals surface area contributed by atoms with Gasteiger partial charge in [-0.1, -0.05) is 6.42 Å². The van der Waals surface area contributed by atoms with Crippen molar-refractivity contribution < 1.29 is 13.5 Å². The van der Waals surface area contributed by atoms with Gasteiger partial charge in [-0.25, -0.2) is 8.78 Å². The van der Waals surface area contributed by atoms with Gasteiger partial charge < -0.3 is 10.1 Å². The summed E-state index contributed by atoms with van der Waals surface area (Å²) < 4.78 is 31.6. The van der Waals surface area contributed by atoms with Gasteiger partial charge in [-0.2, -0.15) is 0 Å². The molecule has 4 heteroatoms. The van der Waals surface area contributed by atoms with E-state index in [0.717, 1.165) is 25.1 Å². The van der Waals surface area contributed by atoms with Gasteiger partial charge in [0, 0.05) is 18.2 Å². The molecule has 1 aliphatic rings. The van der Waals surface area contributed by atoms with E-state index in [1.807, 2.05) is 0 Å². The standard InChI is InChI=1S/C14H19F2NO/c15-12-4-5-14(16)11(9-12)10-18-8-6-13-3-1-2-7-17-13/h4-5,9,13,17H,1-3,6-8,10H2. The normalized spacial score (nSPS) is 20.0. The maximum atomic E-state index is 13.3. The summed E-state index contributed by atoms with van der Waals surface area (Å²) in [4.78, 5) is 0. The molecule has 0 amide bonds. The van der Waals surface area contributed by atoms with Crippen molar-refractivity contribution >= 4 is 0 Å². The fourth-order valence-corrected chi connectivity index (χ4v) is 2.23. The number of halogens is 2. The van der Waals surface area contributed by atoms with Crippen LogP contribution in [0.15, 0.2) is 18.2 Å². The fraction of sp³-hybridized carbons (Fsp3) is 0.571. The Morgan fingerprint density at radius 2 is 2.17 bits per heavy atom. The molecule has 1 aromatic carbocycles. The second-order valence-corrected chi connectivity index (χ2v) is 4.72. The summed E-state index contributed by atoms with van der Waals surface area (Å²) in [7, 11) is 0. The number of nitrogens with one attached hydrogen (secondary N) is 1. The quantitative estimate of drug-likeness (QED) is 0.817. The highest BCUT2D eigenvalue weighted by atomic mass is 19.1. The van der Waals surface area contributed by atoms with Gasteiger partial charge >= 0.3 is 0 Å². The average molecular weight is 255 g/mol. The lowest BCUT2D eigenvalue weighted by Gasteiger charge is -2.23. The van der Waals surface area contributed by atoms with Crippen LogP contribution in [0.1, 0.15) is 31.2 Å². The number of hydrogen-bond acceptors (Lipinski definition) is 2. The Bertz CT molecular complexity index is 378. The van der Waals surface area contributed by atoms with Crippen molar-refractivity contribution in [2.24, 2.45) is 0 Å². The molecular formula is C14H19F2NO. The van der Waals surface area contributed by atoms with E-state index < -0.39 is 11.6 Å². The lowest BCUT2D eigenvalue weighted by atomic mass is 10.0. The molecule has 0 saturated carbocycles. The first kappa shape index (κ1) is 13.4. The van der Waals surface area contributed by atoms with E-state index in [1.165, 1.54) is 25.3 Å². The molecule has 1 aliphatic heterocycles. The summed E-state index contributed by atoms with van der Waals surface area (Å²) in [6.45, 7) is 1.78. The highest BCUT2D eigenvalue weighted by Crippen LogP contribution is 2.13. The maximum Gasteiger partial charge on any atom is 0.128 e. The number of rotatable bonds is 5. The van der Waals surface area contributed by atoms with Gasteiger partial charge in [0.25, 0.3) is 0 Å².